The SMILES string of the molecule is CC(C)(C)OC(=O)N[C@@H](CN1CC(=O)N(c2cccc(F)c2F)CC1(C)C)[C@@H]1CCC(=O)O1. The Morgan fingerprint density at radius 2 is 2.00 bits per heavy atom. The van der Waals surface area contributed by atoms with E-state index in [1.807, 2.05) is 18.7 Å². The number of halogens is 2. The van der Waals surface area contributed by atoms with Crippen molar-refractivity contribution in [2.75, 3.05) is 24.5 Å². The molecule has 3 rings (SSSR count). The number of nitrogens with zero attached hydrogens (tertiary/aromatic N) is 2. The fraction of sp³-hybridized carbons (Fsp3) is 0.609. The Hall–Kier alpha value is -2.75. The van der Waals surface area contributed by atoms with Crippen LogP contribution in [-0.4, -0.2) is 65.8 Å². The van der Waals surface area contributed by atoms with Gasteiger partial charge in [-0.2, -0.15) is 0 Å². The molecule has 0 radical (unpaired) electrons. The number of carbonyl (C=O) groups excluding carboxylic acids is 3. The minimum absolute atomic E-state index is 0.0872. The topological polar surface area (TPSA) is 88.2 Å². The molecule has 1 aromatic carbocycles. The number of carbonyl (C=O) groups is 3. The third-order valence-corrected chi connectivity index (χ3v) is 5.73. The molecule has 182 valence electrons. The molecule has 0 aliphatic carbocycles. The lowest BCUT2D eigenvalue weighted by Gasteiger charge is -2.48. The predicted molar refractivity (Wildman–Crippen MR) is 117 cm³/mol. The van der Waals surface area contributed by atoms with Crippen LogP contribution < -0.4 is 10.2 Å². The van der Waals surface area contributed by atoms with Crippen molar-refractivity contribution in [3.63, 3.8) is 0 Å². The van der Waals surface area contributed by atoms with Crippen molar-refractivity contribution in [1.29, 1.82) is 0 Å². The van der Waals surface area contributed by atoms with Crippen LogP contribution in [0.5, 0.6) is 0 Å². The first-order valence-electron chi connectivity index (χ1n) is 11.0. The van der Waals surface area contributed by atoms with Crippen LogP contribution in [0.1, 0.15) is 47.5 Å². The maximum absolute atomic E-state index is 14.3. The van der Waals surface area contributed by atoms with Crippen LogP contribution >= 0.6 is 0 Å². The van der Waals surface area contributed by atoms with Crippen molar-refractivity contribution < 1.29 is 32.6 Å². The largest absolute Gasteiger partial charge is 0.460 e. The number of cyclic esters (lactones) is 1. The van der Waals surface area contributed by atoms with Gasteiger partial charge in [0.25, 0.3) is 0 Å². The van der Waals surface area contributed by atoms with E-state index in [2.05, 4.69) is 5.32 Å². The first-order chi connectivity index (χ1) is 15.3. The second-order valence-corrected chi connectivity index (χ2v) is 10.1. The molecule has 33 heavy (non-hydrogen) atoms. The highest BCUT2D eigenvalue weighted by Gasteiger charge is 2.43. The summed E-state index contributed by atoms with van der Waals surface area (Å²) >= 11 is 0. The fourth-order valence-electron chi connectivity index (χ4n) is 4.05. The average molecular weight is 468 g/mol. The Kier molecular flexibility index (Phi) is 6.97. The van der Waals surface area contributed by atoms with Gasteiger partial charge in [0, 0.05) is 25.0 Å². The van der Waals surface area contributed by atoms with Gasteiger partial charge in [-0.05, 0) is 53.2 Å². The summed E-state index contributed by atoms with van der Waals surface area (Å²) in [6.07, 6.45) is -0.538. The first-order valence-corrected chi connectivity index (χ1v) is 11.0. The van der Waals surface area contributed by atoms with E-state index in [0.717, 1.165) is 6.07 Å². The molecule has 0 bridgehead atoms. The molecule has 0 unspecified atom stereocenters. The van der Waals surface area contributed by atoms with E-state index in [9.17, 15) is 23.2 Å². The number of hydrogen-bond donors (Lipinski definition) is 1. The summed E-state index contributed by atoms with van der Waals surface area (Å²) in [7, 11) is 0. The van der Waals surface area contributed by atoms with Crippen LogP contribution in [0, 0.1) is 11.6 Å². The number of anilines is 1. The third kappa shape index (κ3) is 5.98. The lowest BCUT2D eigenvalue weighted by atomic mass is 9.95. The van der Waals surface area contributed by atoms with E-state index >= 15 is 0 Å². The van der Waals surface area contributed by atoms with Crippen LogP contribution in [0.2, 0.25) is 0 Å². The second-order valence-electron chi connectivity index (χ2n) is 10.1. The van der Waals surface area contributed by atoms with Gasteiger partial charge < -0.3 is 19.7 Å². The van der Waals surface area contributed by atoms with Gasteiger partial charge in [-0.1, -0.05) is 6.07 Å². The number of alkyl carbamates (subject to hydrolysis) is 1. The molecule has 8 nitrogen and oxygen atoms in total. The Bertz CT molecular complexity index is 931. The molecule has 10 heteroatoms. The molecular weight excluding hydrogens is 436 g/mol. The van der Waals surface area contributed by atoms with Crippen LogP contribution in [0.15, 0.2) is 18.2 Å². The van der Waals surface area contributed by atoms with Crippen molar-refractivity contribution >= 4 is 23.7 Å². The van der Waals surface area contributed by atoms with Gasteiger partial charge in [0.1, 0.15) is 11.7 Å². The highest BCUT2D eigenvalue weighted by molar-refractivity contribution is 5.96. The maximum Gasteiger partial charge on any atom is 0.408 e. The van der Waals surface area contributed by atoms with E-state index in [1.165, 1.54) is 17.0 Å². The highest BCUT2D eigenvalue weighted by Crippen LogP contribution is 2.30. The van der Waals surface area contributed by atoms with Crippen LogP contribution in [0.3, 0.4) is 0 Å². The number of ether oxygens (including phenoxy) is 2. The molecule has 2 saturated heterocycles. The van der Waals surface area contributed by atoms with Gasteiger partial charge in [0.2, 0.25) is 5.91 Å². The molecule has 1 N–H and O–H groups in total. The van der Waals surface area contributed by atoms with E-state index in [-0.39, 0.29) is 37.7 Å². The smallest absolute Gasteiger partial charge is 0.408 e. The van der Waals surface area contributed by atoms with Crippen LogP contribution in [-0.2, 0) is 19.1 Å². The monoisotopic (exact) mass is 467 g/mol. The normalized spacial score (nSPS) is 22.2. The number of esters is 1. The van der Waals surface area contributed by atoms with Gasteiger partial charge in [0.15, 0.2) is 11.6 Å². The number of rotatable bonds is 5. The quantitative estimate of drug-likeness (QED) is 0.670. The zero-order valence-corrected chi connectivity index (χ0v) is 19.6. The zero-order valence-electron chi connectivity index (χ0n) is 19.6. The van der Waals surface area contributed by atoms with E-state index in [0.29, 0.717) is 6.42 Å². The van der Waals surface area contributed by atoms with E-state index in [1.54, 1.807) is 20.8 Å². The van der Waals surface area contributed by atoms with E-state index in [4.69, 9.17) is 9.47 Å². The standard InChI is InChI=1S/C23H31F2N3O5/c1-22(2,3)33-21(31)26-15(17-9-10-19(30)32-17)11-27-12-18(29)28(13-23(27,4)5)16-8-6-7-14(24)20(16)25/h6-8,15,17H,9-13H2,1-5H3,(H,26,31)/t15-,17-/m0/s1. The minimum atomic E-state index is -1.07. The van der Waals surface area contributed by atoms with Crippen LogP contribution in [0.25, 0.3) is 0 Å². The number of amides is 2. The van der Waals surface area contributed by atoms with Crippen molar-refractivity contribution in [1.82, 2.24) is 10.2 Å². The molecule has 1 aromatic rings. The summed E-state index contributed by atoms with van der Waals surface area (Å²) in [5.41, 5.74) is -1.47. The minimum Gasteiger partial charge on any atom is -0.460 e. The summed E-state index contributed by atoms with van der Waals surface area (Å²) in [5, 5.41) is 2.78. The average Bonchev–Trinajstić information content (AvgIpc) is 3.11. The van der Waals surface area contributed by atoms with Gasteiger partial charge in [0.05, 0.1) is 18.3 Å². The van der Waals surface area contributed by atoms with Gasteiger partial charge >= 0.3 is 12.1 Å². The molecular formula is C23H31F2N3O5. The predicted octanol–water partition coefficient (Wildman–Crippen LogP) is 2.99. The molecule has 0 aromatic heterocycles. The summed E-state index contributed by atoms with van der Waals surface area (Å²) in [6.45, 7) is 9.18. The lowest BCUT2D eigenvalue weighted by Crippen LogP contribution is -2.65. The maximum atomic E-state index is 14.3. The van der Waals surface area contributed by atoms with Gasteiger partial charge in [-0.3, -0.25) is 14.5 Å². The Balaban J connectivity index is 1.78. The van der Waals surface area contributed by atoms with Crippen LogP contribution in [0.4, 0.5) is 19.3 Å². The Morgan fingerprint density at radius 3 is 2.61 bits per heavy atom. The summed E-state index contributed by atoms with van der Waals surface area (Å²) < 4.78 is 38.8. The molecule has 0 spiro atoms. The van der Waals surface area contributed by atoms with Crippen molar-refractivity contribution in [3.8, 4) is 0 Å². The Labute approximate surface area is 192 Å². The lowest BCUT2D eigenvalue weighted by molar-refractivity contribution is -0.143. The van der Waals surface area contributed by atoms with Crippen molar-refractivity contribution in [2.45, 2.75) is 70.7 Å². The number of hydrogen-bond acceptors (Lipinski definition) is 6. The first kappa shape index (κ1) is 24.9. The molecule has 2 heterocycles. The summed E-state index contributed by atoms with van der Waals surface area (Å²) in [5.74, 6) is -2.85. The number of piperazine rings is 1. The molecule has 2 aliphatic heterocycles. The zero-order chi connectivity index (χ0) is 24.6. The summed E-state index contributed by atoms with van der Waals surface area (Å²) in [6, 6.07) is 3.11. The Morgan fingerprint density at radius 1 is 1.30 bits per heavy atom. The third-order valence-electron chi connectivity index (χ3n) is 5.73. The molecule has 2 aliphatic rings. The summed E-state index contributed by atoms with van der Waals surface area (Å²) in [4.78, 5) is 40.1. The van der Waals surface area contributed by atoms with E-state index < -0.39 is 46.9 Å². The number of nitrogens with one attached hydrogen (secondary N) is 1. The number of benzene rings is 1. The molecule has 0 saturated carbocycles. The molecule has 2 atom stereocenters. The highest BCUT2D eigenvalue weighted by atomic mass is 19.2. The fourth-order valence-corrected chi connectivity index (χ4v) is 4.05. The second kappa shape index (κ2) is 9.24. The van der Waals surface area contributed by atoms with Crippen molar-refractivity contribution in [2.24, 2.45) is 0 Å². The van der Waals surface area contributed by atoms with Crippen molar-refractivity contribution in [3.05, 3.63) is 29.8 Å². The van der Waals surface area contributed by atoms with Gasteiger partial charge in [-0.15, -0.1) is 0 Å². The molecule has 2 fully saturated rings. The van der Waals surface area contributed by atoms with Gasteiger partial charge in [-0.25, -0.2) is 13.6 Å². The molecule has 2 amide bonds.